The van der Waals surface area contributed by atoms with E-state index in [4.69, 9.17) is 9.47 Å². The Labute approximate surface area is 175 Å². The molecule has 3 rings (SSSR count). The van der Waals surface area contributed by atoms with Crippen LogP contribution in [0.3, 0.4) is 0 Å². The molecule has 1 aliphatic carbocycles. The monoisotopic (exact) mass is 419 g/mol. The van der Waals surface area contributed by atoms with E-state index in [2.05, 4.69) is 4.98 Å². The van der Waals surface area contributed by atoms with Gasteiger partial charge in [-0.05, 0) is 76.3 Å². The topological polar surface area (TPSA) is 68.7 Å². The molecule has 1 N–H and O–H groups in total. The molecule has 0 saturated heterocycles. The van der Waals surface area contributed by atoms with Crippen LogP contribution in [0.15, 0.2) is 24.3 Å². The average Bonchev–Trinajstić information content (AvgIpc) is 2.71. The summed E-state index contributed by atoms with van der Waals surface area (Å²) in [7, 11) is 0. The summed E-state index contributed by atoms with van der Waals surface area (Å²) in [6.45, 7) is 5.01. The smallest absolute Gasteiger partial charge is 0.309 e. The van der Waals surface area contributed by atoms with Crippen molar-refractivity contribution >= 4 is 5.97 Å². The number of pyridine rings is 1. The van der Waals surface area contributed by atoms with Crippen LogP contribution < -0.4 is 4.74 Å². The molecule has 2 atom stereocenters. The largest absolute Gasteiger partial charge is 0.489 e. The van der Waals surface area contributed by atoms with Gasteiger partial charge in [-0.25, -0.2) is 13.8 Å². The Hall–Kier alpha value is -2.54. The van der Waals surface area contributed by atoms with Crippen LogP contribution in [0.25, 0.3) is 11.3 Å². The van der Waals surface area contributed by atoms with Crippen LogP contribution in [-0.4, -0.2) is 28.3 Å². The fourth-order valence-electron chi connectivity index (χ4n) is 3.75. The van der Waals surface area contributed by atoms with E-state index in [1.165, 1.54) is 0 Å². The third-order valence-electron chi connectivity index (χ3n) is 5.23. The Balaban J connectivity index is 1.75. The molecule has 1 heterocycles. The first kappa shape index (κ1) is 22.2. The zero-order valence-electron chi connectivity index (χ0n) is 17.5. The van der Waals surface area contributed by atoms with Gasteiger partial charge in [-0.2, -0.15) is 0 Å². The number of aromatic nitrogens is 1. The van der Waals surface area contributed by atoms with Crippen molar-refractivity contribution in [3.8, 4) is 17.0 Å². The van der Waals surface area contributed by atoms with Crippen molar-refractivity contribution in [2.45, 2.75) is 65.3 Å². The van der Waals surface area contributed by atoms with Gasteiger partial charge in [0.1, 0.15) is 5.75 Å². The number of hydrogen-bond acceptors (Lipinski definition) is 5. The summed E-state index contributed by atoms with van der Waals surface area (Å²) in [4.78, 5) is 16.7. The quantitative estimate of drug-likeness (QED) is 0.687. The summed E-state index contributed by atoms with van der Waals surface area (Å²) in [6, 6.07) is 5.40. The van der Waals surface area contributed by atoms with Crippen LogP contribution in [0.2, 0.25) is 0 Å². The van der Waals surface area contributed by atoms with Crippen molar-refractivity contribution in [2.75, 3.05) is 0 Å². The normalized spacial score (nSPS) is 19.0. The maximum atomic E-state index is 13.7. The molecule has 30 heavy (non-hydrogen) atoms. The SMILES string of the molecule is Cc1nc(-c2cc(F)c(F)cc2CO)ccc1O[C@H]1CCC[C@H](C(=O)OC(C)C)C1. The van der Waals surface area contributed by atoms with Crippen LogP contribution in [0.5, 0.6) is 5.75 Å². The number of aliphatic hydroxyl groups excluding tert-OH is 1. The Kier molecular flexibility index (Phi) is 7.02. The highest BCUT2D eigenvalue weighted by molar-refractivity contribution is 5.72. The van der Waals surface area contributed by atoms with Gasteiger partial charge in [0.25, 0.3) is 0 Å². The molecule has 1 aromatic carbocycles. The highest BCUT2D eigenvalue weighted by Crippen LogP contribution is 2.32. The van der Waals surface area contributed by atoms with E-state index in [0.717, 1.165) is 31.4 Å². The molecule has 162 valence electrons. The van der Waals surface area contributed by atoms with Crippen molar-refractivity contribution in [3.05, 3.63) is 47.2 Å². The predicted molar refractivity (Wildman–Crippen MR) is 108 cm³/mol. The van der Waals surface area contributed by atoms with Crippen LogP contribution in [0.1, 0.15) is 50.8 Å². The lowest BCUT2D eigenvalue weighted by atomic mass is 9.87. The Morgan fingerprint density at radius 1 is 1.23 bits per heavy atom. The Morgan fingerprint density at radius 2 is 1.97 bits per heavy atom. The lowest BCUT2D eigenvalue weighted by molar-refractivity contribution is -0.154. The van der Waals surface area contributed by atoms with Gasteiger partial charge in [0.15, 0.2) is 11.6 Å². The molecule has 1 saturated carbocycles. The number of rotatable bonds is 6. The van der Waals surface area contributed by atoms with Crippen LogP contribution >= 0.6 is 0 Å². The summed E-state index contributed by atoms with van der Waals surface area (Å²) < 4.78 is 38.6. The minimum absolute atomic E-state index is 0.119. The highest BCUT2D eigenvalue weighted by Gasteiger charge is 2.30. The highest BCUT2D eigenvalue weighted by atomic mass is 19.2. The first-order valence-corrected chi connectivity index (χ1v) is 10.2. The van der Waals surface area contributed by atoms with Gasteiger partial charge in [0.2, 0.25) is 0 Å². The molecule has 0 aliphatic heterocycles. The molecule has 0 bridgehead atoms. The molecule has 2 aromatic rings. The van der Waals surface area contributed by atoms with Crippen molar-refractivity contribution in [1.82, 2.24) is 4.98 Å². The minimum Gasteiger partial charge on any atom is -0.489 e. The maximum absolute atomic E-state index is 13.7. The molecular weight excluding hydrogens is 392 g/mol. The fraction of sp³-hybridized carbons (Fsp3) is 0.478. The predicted octanol–water partition coefficient (Wildman–Crippen LogP) is 4.72. The molecule has 1 aromatic heterocycles. The first-order chi connectivity index (χ1) is 14.3. The number of aliphatic hydroxyl groups is 1. The van der Waals surface area contributed by atoms with E-state index in [1.807, 2.05) is 13.8 Å². The lowest BCUT2D eigenvalue weighted by Gasteiger charge is -2.29. The molecule has 1 fully saturated rings. The van der Waals surface area contributed by atoms with Crippen molar-refractivity contribution in [1.29, 1.82) is 0 Å². The number of aryl methyl sites for hydroxylation is 1. The van der Waals surface area contributed by atoms with Crippen molar-refractivity contribution < 1.29 is 28.2 Å². The summed E-state index contributed by atoms with van der Waals surface area (Å²) >= 11 is 0. The van der Waals surface area contributed by atoms with E-state index in [0.29, 0.717) is 29.1 Å². The first-order valence-electron chi connectivity index (χ1n) is 10.2. The summed E-state index contributed by atoms with van der Waals surface area (Å²) in [5.74, 6) is -1.79. The number of esters is 1. The van der Waals surface area contributed by atoms with E-state index >= 15 is 0 Å². The number of hydrogen-bond donors (Lipinski definition) is 1. The van der Waals surface area contributed by atoms with Crippen LogP contribution in [-0.2, 0) is 16.1 Å². The van der Waals surface area contributed by atoms with E-state index in [1.54, 1.807) is 19.1 Å². The summed E-state index contributed by atoms with van der Waals surface area (Å²) in [5, 5.41) is 9.48. The molecule has 0 radical (unpaired) electrons. The average molecular weight is 419 g/mol. The molecule has 7 heteroatoms. The summed E-state index contributed by atoms with van der Waals surface area (Å²) in [5.41, 5.74) is 1.60. The molecule has 0 spiro atoms. The minimum atomic E-state index is -1.01. The van der Waals surface area contributed by atoms with Gasteiger partial charge in [0, 0.05) is 5.56 Å². The van der Waals surface area contributed by atoms with E-state index < -0.39 is 18.2 Å². The van der Waals surface area contributed by atoms with Crippen LogP contribution in [0.4, 0.5) is 8.78 Å². The van der Waals surface area contributed by atoms with Crippen molar-refractivity contribution in [3.63, 3.8) is 0 Å². The van der Waals surface area contributed by atoms with Crippen molar-refractivity contribution in [2.24, 2.45) is 5.92 Å². The third kappa shape index (κ3) is 5.14. The molecule has 0 unspecified atom stereocenters. The van der Waals surface area contributed by atoms with Gasteiger partial charge in [-0.15, -0.1) is 0 Å². The second kappa shape index (κ2) is 9.51. The van der Waals surface area contributed by atoms with Gasteiger partial charge in [-0.1, -0.05) is 0 Å². The van der Waals surface area contributed by atoms with Gasteiger partial charge >= 0.3 is 5.97 Å². The fourth-order valence-corrected chi connectivity index (χ4v) is 3.75. The second-order valence-electron chi connectivity index (χ2n) is 7.95. The lowest BCUT2D eigenvalue weighted by Crippen LogP contribution is -2.31. The molecular formula is C23H27F2NO4. The zero-order valence-corrected chi connectivity index (χ0v) is 17.5. The molecule has 5 nitrogen and oxygen atoms in total. The number of nitrogens with zero attached hydrogens (tertiary/aromatic N) is 1. The van der Waals surface area contributed by atoms with Gasteiger partial charge < -0.3 is 14.6 Å². The Morgan fingerprint density at radius 3 is 2.63 bits per heavy atom. The van der Waals surface area contributed by atoms with E-state index in [9.17, 15) is 18.7 Å². The zero-order chi connectivity index (χ0) is 21.8. The molecule has 1 aliphatic rings. The summed E-state index contributed by atoms with van der Waals surface area (Å²) in [6.07, 6.45) is 2.84. The number of carbonyl (C=O) groups is 1. The third-order valence-corrected chi connectivity index (χ3v) is 5.23. The van der Waals surface area contributed by atoms with E-state index in [-0.39, 0.29) is 29.7 Å². The number of benzene rings is 1. The second-order valence-corrected chi connectivity index (χ2v) is 7.95. The standard InChI is InChI=1S/C23H27F2NO4/c1-13(2)29-23(28)15-5-4-6-17(9-15)30-22-8-7-21(26-14(22)3)18-11-20(25)19(24)10-16(18)12-27/h7-8,10-11,13,15,17,27H,4-6,9,12H2,1-3H3/t15-,17-/m0/s1. The van der Waals surface area contributed by atoms with Gasteiger partial charge in [-0.3, -0.25) is 4.79 Å². The maximum Gasteiger partial charge on any atom is 0.309 e. The molecule has 0 amide bonds. The van der Waals surface area contributed by atoms with Crippen LogP contribution in [0, 0.1) is 24.5 Å². The number of halogens is 2. The Bertz CT molecular complexity index is 916. The van der Waals surface area contributed by atoms with Gasteiger partial charge in [0.05, 0.1) is 36.1 Å². The number of carbonyl (C=O) groups excluding carboxylic acids is 1. The number of ether oxygens (including phenoxy) is 2.